The number of carboxylic acids is 1. The molecular formula is C14H10ClFO2S. The zero-order valence-corrected chi connectivity index (χ0v) is 11.3. The largest absolute Gasteiger partial charge is 0.481 e. The van der Waals surface area contributed by atoms with Crippen LogP contribution in [0.4, 0.5) is 4.39 Å². The van der Waals surface area contributed by atoms with Gasteiger partial charge in [0.05, 0.1) is 6.42 Å². The predicted octanol–water partition coefficient (Wildman–Crippen LogP) is 4.26. The van der Waals surface area contributed by atoms with Gasteiger partial charge in [0, 0.05) is 14.8 Å². The Labute approximate surface area is 119 Å². The molecule has 19 heavy (non-hydrogen) atoms. The number of carboxylic acid groups (broad SMARTS) is 1. The summed E-state index contributed by atoms with van der Waals surface area (Å²) in [6, 6.07) is 11.2. The fourth-order valence-electron chi connectivity index (χ4n) is 1.61. The van der Waals surface area contributed by atoms with Crippen LogP contribution in [0.25, 0.3) is 0 Å². The zero-order chi connectivity index (χ0) is 13.8. The smallest absolute Gasteiger partial charge is 0.307 e. The summed E-state index contributed by atoms with van der Waals surface area (Å²) in [4.78, 5) is 12.3. The van der Waals surface area contributed by atoms with E-state index in [0.29, 0.717) is 15.5 Å². The first kappa shape index (κ1) is 13.9. The molecule has 5 heteroatoms. The van der Waals surface area contributed by atoms with Crippen molar-refractivity contribution < 1.29 is 14.3 Å². The van der Waals surface area contributed by atoms with Gasteiger partial charge >= 0.3 is 5.97 Å². The van der Waals surface area contributed by atoms with Crippen LogP contribution >= 0.6 is 23.4 Å². The second kappa shape index (κ2) is 6.08. The van der Waals surface area contributed by atoms with Crippen LogP contribution in [0.2, 0.25) is 5.02 Å². The molecule has 0 unspecified atom stereocenters. The molecule has 0 bridgehead atoms. The molecule has 0 heterocycles. The fraction of sp³-hybridized carbons (Fsp3) is 0.0714. The molecular weight excluding hydrogens is 287 g/mol. The van der Waals surface area contributed by atoms with Crippen molar-refractivity contribution >= 4 is 29.3 Å². The third-order valence-corrected chi connectivity index (χ3v) is 3.73. The highest BCUT2D eigenvalue weighted by Gasteiger charge is 2.09. The van der Waals surface area contributed by atoms with Gasteiger partial charge in [-0.25, -0.2) is 4.39 Å². The topological polar surface area (TPSA) is 37.3 Å². The van der Waals surface area contributed by atoms with E-state index in [1.807, 2.05) is 0 Å². The Morgan fingerprint density at radius 3 is 2.74 bits per heavy atom. The number of aliphatic carboxylic acids is 1. The van der Waals surface area contributed by atoms with E-state index in [0.717, 1.165) is 4.90 Å². The molecule has 98 valence electrons. The molecule has 0 amide bonds. The Balaban J connectivity index is 2.31. The van der Waals surface area contributed by atoms with Crippen LogP contribution in [0.15, 0.2) is 52.3 Å². The third-order valence-electron chi connectivity index (χ3n) is 2.39. The zero-order valence-electron chi connectivity index (χ0n) is 9.77. The van der Waals surface area contributed by atoms with Crippen LogP contribution < -0.4 is 0 Å². The van der Waals surface area contributed by atoms with Crippen molar-refractivity contribution in [3.05, 3.63) is 58.9 Å². The van der Waals surface area contributed by atoms with E-state index in [9.17, 15) is 9.18 Å². The number of halogens is 2. The third kappa shape index (κ3) is 3.98. The second-order valence-corrected chi connectivity index (χ2v) is 5.43. The maximum absolute atomic E-state index is 13.1. The Morgan fingerprint density at radius 1 is 1.26 bits per heavy atom. The molecule has 2 aromatic carbocycles. The van der Waals surface area contributed by atoms with Crippen molar-refractivity contribution in [2.75, 3.05) is 0 Å². The fourth-order valence-corrected chi connectivity index (χ4v) is 2.77. The lowest BCUT2D eigenvalue weighted by atomic mass is 10.1. The van der Waals surface area contributed by atoms with Gasteiger partial charge in [0.25, 0.3) is 0 Å². The van der Waals surface area contributed by atoms with E-state index in [1.165, 1.54) is 23.9 Å². The highest BCUT2D eigenvalue weighted by Crippen LogP contribution is 2.32. The van der Waals surface area contributed by atoms with E-state index in [2.05, 4.69) is 0 Å². The summed E-state index contributed by atoms with van der Waals surface area (Å²) in [5.74, 6) is -1.25. The molecule has 2 rings (SSSR count). The lowest BCUT2D eigenvalue weighted by Gasteiger charge is -2.08. The SMILES string of the molecule is O=C(O)Cc1cc(Cl)ccc1Sc1cccc(F)c1. The molecule has 0 aliphatic heterocycles. The van der Waals surface area contributed by atoms with Crippen molar-refractivity contribution in [2.45, 2.75) is 16.2 Å². The Bertz CT molecular complexity index is 616. The molecule has 2 nitrogen and oxygen atoms in total. The maximum atomic E-state index is 13.1. The number of benzene rings is 2. The minimum absolute atomic E-state index is 0.113. The molecule has 0 radical (unpaired) electrons. The first-order valence-corrected chi connectivity index (χ1v) is 6.67. The minimum Gasteiger partial charge on any atom is -0.481 e. The van der Waals surface area contributed by atoms with E-state index >= 15 is 0 Å². The van der Waals surface area contributed by atoms with Crippen molar-refractivity contribution in [3.8, 4) is 0 Å². The maximum Gasteiger partial charge on any atom is 0.307 e. The van der Waals surface area contributed by atoms with Crippen molar-refractivity contribution in [1.82, 2.24) is 0 Å². The summed E-state index contributed by atoms with van der Waals surface area (Å²) in [5, 5.41) is 9.37. The van der Waals surface area contributed by atoms with Gasteiger partial charge in [0.15, 0.2) is 0 Å². The molecule has 0 aliphatic carbocycles. The Hall–Kier alpha value is -1.52. The molecule has 0 aromatic heterocycles. The van der Waals surface area contributed by atoms with Gasteiger partial charge in [-0.05, 0) is 42.0 Å². The van der Waals surface area contributed by atoms with Crippen molar-refractivity contribution in [3.63, 3.8) is 0 Å². The molecule has 0 aliphatic rings. The van der Waals surface area contributed by atoms with Gasteiger partial charge in [0.1, 0.15) is 5.82 Å². The lowest BCUT2D eigenvalue weighted by molar-refractivity contribution is -0.136. The second-order valence-electron chi connectivity index (χ2n) is 3.88. The number of hydrogen-bond donors (Lipinski definition) is 1. The van der Waals surface area contributed by atoms with Gasteiger partial charge in [-0.1, -0.05) is 29.4 Å². The van der Waals surface area contributed by atoms with Crippen LogP contribution in [0.1, 0.15) is 5.56 Å². The van der Waals surface area contributed by atoms with E-state index in [-0.39, 0.29) is 12.2 Å². The van der Waals surface area contributed by atoms with E-state index in [1.54, 1.807) is 30.3 Å². The number of rotatable bonds is 4. The number of carbonyl (C=O) groups is 1. The Kier molecular flexibility index (Phi) is 4.45. The van der Waals surface area contributed by atoms with Crippen LogP contribution in [-0.4, -0.2) is 11.1 Å². The Morgan fingerprint density at radius 2 is 2.05 bits per heavy atom. The van der Waals surface area contributed by atoms with Crippen molar-refractivity contribution in [1.29, 1.82) is 0 Å². The first-order valence-electron chi connectivity index (χ1n) is 5.48. The molecule has 0 saturated carbocycles. The summed E-state index contributed by atoms with van der Waals surface area (Å²) < 4.78 is 13.1. The predicted molar refractivity (Wildman–Crippen MR) is 73.3 cm³/mol. The molecule has 0 fully saturated rings. The summed E-state index contributed by atoms with van der Waals surface area (Å²) in [6.07, 6.45) is -0.113. The highest BCUT2D eigenvalue weighted by atomic mass is 35.5. The van der Waals surface area contributed by atoms with Gasteiger partial charge in [-0.3, -0.25) is 4.79 Å². The summed E-state index contributed by atoms with van der Waals surface area (Å²) in [6.45, 7) is 0. The molecule has 2 aromatic rings. The molecule has 0 atom stereocenters. The summed E-state index contributed by atoms with van der Waals surface area (Å²) in [7, 11) is 0. The van der Waals surface area contributed by atoms with E-state index < -0.39 is 5.97 Å². The normalized spacial score (nSPS) is 10.4. The van der Waals surface area contributed by atoms with Gasteiger partial charge in [0.2, 0.25) is 0 Å². The highest BCUT2D eigenvalue weighted by molar-refractivity contribution is 7.99. The average molecular weight is 297 g/mol. The van der Waals surface area contributed by atoms with Crippen LogP contribution in [0, 0.1) is 5.82 Å². The molecule has 0 spiro atoms. The number of hydrogen-bond acceptors (Lipinski definition) is 2. The summed E-state index contributed by atoms with van der Waals surface area (Å²) in [5.41, 5.74) is 0.620. The van der Waals surface area contributed by atoms with Gasteiger partial charge < -0.3 is 5.11 Å². The molecule has 1 N–H and O–H groups in total. The monoisotopic (exact) mass is 296 g/mol. The lowest BCUT2D eigenvalue weighted by Crippen LogP contribution is -2.01. The standard InChI is InChI=1S/C14H10ClFO2S/c15-10-4-5-13(9(6-10)7-14(17)18)19-12-3-1-2-11(16)8-12/h1-6,8H,7H2,(H,17,18). The summed E-state index contributed by atoms with van der Waals surface area (Å²) >= 11 is 7.18. The van der Waals surface area contributed by atoms with Crippen LogP contribution in [0.5, 0.6) is 0 Å². The van der Waals surface area contributed by atoms with Crippen molar-refractivity contribution in [2.24, 2.45) is 0 Å². The minimum atomic E-state index is -0.927. The molecule has 0 saturated heterocycles. The quantitative estimate of drug-likeness (QED) is 0.916. The van der Waals surface area contributed by atoms with Crippen LogP contribution in [-0.2, 0) is 11.2 Å². The van der Waals surface area contributed by atoms with Crippen LogP contribution in [0.3, 0.4) is 0 Å². The van der Waals surface area contributed by atoms with Gasteiger partial charge in [-0.15, -0.1) is 0 Å². The first-order chi connectivity index (χ1) is 9.04. The average Bonchev–Trinajstić information content (AvgIpc) is 2.32. The van der Waals surface area contributed by atoms with E-state index in [4.69, 9.17) is 16.7 Å². The van der Waals surface area contributed by atoms with Gasteiger partial charge in [-0.2, -0.15) is 0 Å².